The molecule has 1 amide bonds. The number of non-ortho nitro benzene ring substituents is 1. The van der Waals surface area contributed by atoms with E-state index in [1.807, 2.05) is 0 Å². The van der Waals surface area contributed by atoms with Gasteiger partial charge in [0.2, 0.25) is 5.91 Å². The molecule has 1 heterocycles. The molecule has 0 radical (unpaired) electrons. The van der Waals surface area contributed by atoms with Crippen LogP contribution in [0.5, 0.6) is 0 Å². The Labute approximate surface area is 155 Å². The SMILES string of the molecule is COC(C[C@H]1NC(=O)[C@@H]1C(C)OC(=O)OCc1ccc([N+](=O)[O-])cc1)OC. The first kappa shape index (κ1) is 20.6. The maximum atomic E-state index is 11.9. The van der Waals surface area contributed by atoms with Gasteiger partial charge in [-0.25, -0.2) is 4.79 Å². The Kier molecular flexibility index (Phi) is 7.08. The van der Waals surface area contributed by atoms with Crippen LogP contribution in [-0.2, 0) is 30.3 Å². The second-order valence-electron chi connectivity index (χ2n) is 6.06. The summed E-state index contributed by atoms with van der Waals surface area (Å²) in [6.07, 6.45) is -1.66. The predicted octanol–water partition coefficient (Wildman–Crippen LogP) is 1.76. The van der Waals surface area contributed by atoms with E-state index in [0.29, 0.717) is 12.0 Å². The number of hydrogen-bond donors (Lipinski definition) is 1. The van der Waals surface area contributed by atoms with Crippen LogP contribution in [0.2, 0.25) is 0 Å². The molecule has 1 aliphatic rings. The van der Waals surface area contributed by atoms with E-state index in [0.717, 1.165) is 0 Å². The zero-order chi connectivity index (χ0) is 20.0. The fourth-order valence-electron chi connectivity index (χ4n) is 2.81. The number of amides is 1. The number of carbonyl (C=O) groups excluding carboxylic acids is 2. The van der Waals surface area contributed by atoms with Gasteiger partial charge in [0.25, 0.3) is 5.69 Å². The highest BCUT2D eigenvalue weighted by molar-refractivity contribution is 5.86. The quantitative estimate of drug-likeness (QED) is 0.225. The molecule has 1 N–H and O–H groups in total. The Hall–Kier alpha value is -2.72. The lowest BCUT2D eigenvalue weighted by Gasteiger charge is -2.40. The van der Waals surface area contributed by atoms with Crippen molar-refractivity contribution >= 4 is 17.7 Å². The van der Waals surface area contributed by atoms with Crippen LogP contribution in [-0.4, -0.2) is 49.6 Å². The second-order valence-corrected chi connectivity index (χ2v) is 6.06. The van der Waals surface area contributed by atoms with E-state index in [1.165, 1.54) is 38.5 Å². The summed E-state index contributed by atoms with van der Waals surface area (Å²) in [5.41, 5.74) is 0.523. The molecule has 1 aliphatic heterocycles. The topological polar surface area (TPSA) is 126 Å². The summed E-state index contributed by atoms with van der Waals surface area (Å²) in [4.78, 5) is 33.8. The van der Waals surface area contributed by atoms with Crippen molar-refractivity contribution in [1.82, 2.24) is 5.32 Å². The molecule has 0 spiro atoms. The first-order valence-corrected chi connectivity index (χ1v) is 8.28. The molecule has 1 aromatic rings. The van der Waals surface area contributed by atoms with Gasteiger partial charge in [-0.2, -0.15) is 0 Å². The van der Waals surface area contributed by atoms with E-state index >= 15 is 0 Å². The molecule has 1 saturated heterocycles. The van der Waals surface area contributed by atoms with Gasteiger partial charge in [-0.3, -0.25) is 14.9 Å². The van der Waals surface area contributed by atoms with Gasteiger partial charge in [-0.15, -0.1) is 0 Å². The van der Waals surface area contributed by atoms with E-state index in [4.69, 9.17) is 18.9 Å². The second kappa shape index (κ2) is 9.28. The molecular weight excluding hydrogens is 360 g/mol. The summed E-state index contributed by atoms with van der Waals surface area (Å²) in [5.74, 6) is -0.744. The molecular formula is C17H22N2O8. The average Bonchev–Trinajstić information content (AvgIpc) is 2.63. The van der Waals surface area contributed by atoms with Crippen molar-refractivity contribution in [3.05, 3.63) is 39.9 Å². The van der Waals surface area contributed by atoms with Gasteiger partial charge in [0.05, 0.1) is 10.8 Å². The summed E-state index contributed by atoms with van der Waals surface area (Å²) in [5, 5.41) is 13.3. The summed E-state index contributed by atoms with van der Waals surface area (Å²) in [6, 6.07) is 5.37. The van der Waals surface area contributed by atoms with Crippen LogP contribution in [0.4, 0.5) is 10.5 Å². The molecule has 1 fully saturated rings. The molecule has 2 rings (SSSR count). The van der Waals surface area contributed by atoms with Crippen molar-refractivity contribution in [3.8, 4) is 0 Å². The number of carbonyl (C=O) groups is 2. The number of nitrogens with one attached hydrogen (secondary N) is 1. The van der Waals surface area contributed by atoms with Gasteiger partial charge in [0.15, 0.2) is 6.29 Å². The third-order valence-electron chi connectivity index (χ3n) is 4.33. The smallest absolute Gasteiger partial charge is 0.430 e. The van der Waals surface area contributed by atoms with Crippen molar-refractivity contribution in [2.45, 2.75) is 38.4 Å². The van der Waals surface area contributed by atoms with E-state index in [1.54, 1.807) is 6.92 Å². The molecule has 3 atom stereocenters. The molecule has 0 bridgehead atoms. The summed E-state index contributed by atoms with van der Waals surface area (Å²) >= 11 is 0. The molecule has 0 saturated carbocycles. The van der Waals surface area contributed by atoms with E-state index in [9.17, 15) is 19.7 Å². The molecule has 1 aromatic carbocycles. The Morgan fingerprint density at radius 2 is 1.89 bits per heavy atom. The number of rotatable bonds is 9. The first-order valence-electron chi connectivity index (χ1n) is 8.28. The van der Waals surface area contributed by atoms with Gasteiger partial charge in [0, 0.05) is 38.8 Å². The summed E-state index contributed by atoms with van der Waals surface area (Å²) in [7, 11) is 3.00. The van der Waals surface area contributed by atoms with Crippen LogP contribution in [0, 0.1) is 16.0 Å². The van der Waals surface area contributed by atoms with Crippen molar-refractivity contribution < 1.29 is 33.5 Å². The first-order chi connectivity index (χ1) is 12.8. The number of nitrogens with zero attached hydrogens (tertiary/aromatic N) is 1. The lowest BCUT2D eigenvalue weighted by Crippen LogP contribution is -2.63. The lowest BCUT2D eigenvalue weighted by molar-refractivity contribution is -0.384. The Bertz CT molecular complexity index is 674. The van der Waals surface area contributed by atoms with Crippen molar-refractivity contribution in [3.63, 3.8) is 0 Å². The van der Waals surface area contributed by atoms with Crippen LogP contribution >= 0.6 is 0 Å². The van der Waals surface area contributed by atoms with E-state index < -0.39 is 29.4 Å². The van der Waals surface area contributed by atoms with Gasteiger partial charge in [0.1, 0.15) is 12.7 Å². The molecule has 10 nitrogen and oxygen atoms in total. The Morgan fingerprint density at radius 1 is 1.26 bits per heavy atom. The average molecular weight is 382 g/mol. The van der Waals surface area contributed by atoms with Crippen molar-refractivity contribution in [2.24, 2.45) is 5.92 Å². The fourth-order valence-corrected chi connectivity index (χ4v) is 2.81. The maximum absolute atomic E-state index is 11.9. The molecule has 0 aliphatic carbocycles. The summed E-state index contributed by atoms with van der Waals surface area (Å²) < 4.78 is 20.4. The number of methoxy groups -OCH3 is 2. The lowest BCUT2D eigenvalue weighted by atomic mass is 9.84. The van der Waals surface area contributed by atoms with E-state index in [2.05, 4.69) is 5.32 Å². The third-order valence-corrected chi connectivity index (χ3v) is 4.33. The normalized spacial score (nSPS) is 19.8. The molecule has 148 valence electrons. The minimum atomic E-state index is -0.922. The van der Waals surface area contributed by atoms with Crippen molar-refractivity contribution in [1.29, 1.82) is 0 Å². The van der Waals surface area contributed by atoms with E-state index in [-0.39, 0.29) is 24.2 Å². The van der Waals surface area contributed by atoms with Crippen LogP contribution in [0.15, 0.2) is 24.3 Å². The Morgan fingerprint density at radius 3 is 2.41 bits per heavy atom. The molecule has 10 heteroatoms. The number of ether oxygens (including phenoxy) is 4. The zero-order valence-electron chi connectivity index (χ0n) is 15.2. The van der Waals surface area contributed by atoms with Gasteiger partial charge in [-0.1, -0.05) is 0 Å². The summed E-state index contributed by atoms with van der Waals surface area (Å²) in [6.45, 7) is 1.51. The van der Waals surface area contributed by atoms with Gasteiger partial charge in [-0.05, 0) is 24.6 Å². The number of hydrogen-bond acceptors (Lipinski definition) is 8. The number of nitro benzene ring substituents is 1. The van der Waals surface area contributed by atoms with Crippen LogP contribution in [0.3, 0.4) is 0 Å². The molecule has 0 aromatic heterocycles. The molecule has 27 heavy (non-hydrogen) atoms. The van der Waals surface area contributed by atoms with Gasteiger partial charge < -0.3 is 24.3 Å². The Balaban J connectivity index is 1.81. The minimum absolute atomic E-state index is 0.0533. The van der Waals surface area contributed by atoms with Crippen molar-refractivity contribution in [2.75, 3.05) is 14.2 Å². The number of benzene rings is 1. The highest BCUT2D eigenvalue weighted by Gasteiger charge is 2.45. The largest absolute Gasteiger partial charge is 0.508 e. The highest BCUT2D eigenvalue weighted by atomic mass is 16.7. The standard InChI is InChI=1S/C17H22N2O8/c1-10(15-13(18-16(15)20)8-14(24-2)25-3)27-17(21)26-9-11-4-6-12(7-5-11)19(22)23/h4-7,10,13-15H,8-9H2,1-3H3,(H,18,20)/t10?,13-,15-/m1/s1. The zero-order valence-corrected chi connectivity index (χ0v) is 15.2. The predicted molar refractivity (Wildman–Crippen MR) is 91.7 cm³/mol. The monoisotopic (exact) mass is 382 g/mol. The minimum Gasteiger partial charge on any atom is -0.430 e. The highest BCUT2D eigenvalue weighted by Crippen LogP contribution is 2.26. The van der Waals surface area contributed by atoms with Crippen LogP contribution < -0.4 is 5.32 Å². The van der Waals surface area contributed by atoms with Gasteiger partial charge >= 0.3 is 6.16 Å². The van der Waals surface area contributed by atoms with Crippen LogP contribution in [0.25, 0.3) is 0 Å². The van der Waals surface area contributed by atoms with Crippen LogP contribution in [0.1, 0.15) is 18.9 Å². The third kappa shape index (κ3) is 5.38. The maximum Gasteiger partial charge on any atom is 0.508 e. The number of nitro groups is 1. The molecule has 1 unspecified atom stereocenters. The fraction of sp³-hybridized carbons (Fsp3) is 0.529. The number of β-lactam (4-membered cyclic amide) rings is 1.